The fraction of sp³-hybridized carbons (Fsp3) is 0.133. The monoisotopic (exact) mass is 402 g/mol. The number of ether oxygens (including phenoxy) is 2. The zero-order valence-electron chi connectivity index (χ0n) is 10.9. The molecule has 0 unspecified atom stereocenters. The van der Waals surface area contributed by atoms with Crippen LogP contribution in [0.3, 0.4) is 0 Å². The second-order valence-corrected chi connectivity index (χ2v) is 5.62. The Kier molecular flexibility index (Phi) is 4.88. The Hall–Kier alpha value is -1.27. The molecule has 20 heavy (non-hydrogen) atoms. The minimum absolute atomic E-state index is 0.146. The lowest BCUT2D eigenvalue weighted by Gasteiger charge is -2.11. The summed E-state index contributed by atoms with van der Waals surface area (Å²) in [5.41, 5.74) is 0.997. The van der Waals surface area contributed by atoms with Crippen LogP contribution in [0.2, 0.25) is 5.02 Å². The van der Waals surface area contributed by atoms with Crippen LogP contribution in [0, 0.1) is 3.57 Å². The van der Waals surface area contributed by atoms with Crippen LogP contribution in [0.15, 0.2) is 36.4 Å². The molecule has 0 aromatic heterocycles. The molecule has 3 nitrogen and oxygen atoms in total. The van der Waals surface area contributed by atoms with Gasteiger partial charge in [0, 0.05) is 14.2 Å². The molecule has 0 radical (unpaired) electrons. The number of hydrogen-bond acceptors (Lipinski definition) is 3. The molecule has 0 bridgehead atoms. The Morgan fingerprint density at radius 3 is 2.45 bits per heavy atom. The first-order valence-corrected chi connectivity index (χ1v) is 7.24. The van der Waals surface area contributed by atoms with E-state index in [1.807, 2.05) is 6.07 Å². The third-order valence-electron chi connectivity index (χ3n) is 2.82. The van der Waals surface area contributed by atoms with Gasteiger partial charge in [-0.05, 0) is 59.0 Å². The highest BCUT2D eigenvalue weighted by atomic mass is 127. The molecular weight excluding hydrogens is 391 g/mol. The van der Waals surface area contributed by atoms with Crippen molar-refractivity contribution in [1.82, 2.24) is 0 Å². The van der Waals surface area contributed by atoms with Crippen molar-refractivity contribution in [3.8, 4) is 11.5 Å². The SMILES string of the molecule is COc1ccc(OC)c(C(=O)c2cc(Cl)ccc2I)c1. The summed E-state index contributed by atoms with van der Waals surface area (Å²) in [6.07, 6.45) is 0. The number of carbonyl (C=O) groups excluding carboxylic acids is 1. The van der Waals surface area contributed by atoms with Gasteiger partial charge in [-0.2, -0.15) is 0 Å². The number of benzene rings is 2. The molecule has 0 saturated heterocycles. The van der Waals surface area contributed by atoms with Crippen molar-refractivity contribution in [3.63, 3.8) is 0 Å². The van der Waals surface area contributed by atoms with Gasteiger partial charge in [-0.15, -0.1) is 0 Å². The van der Waals surface area contributed by atoms with E-state index in [0.29, 0.717) is 27.6 Å². The first-order chi connectivity index (χ1) is 9.56. The molecule has 2 aromatic rings. The van der Waals surface area contributed by atoms with Gasteiger partial charge in [0.05, 0.1) is 19.8 Å². The molecule has 0 amide bonds. The van der Waals surface area contributed by atoms with Gasteiger partial charge in [-0.1, -0.05) is 11.6 Å². The fourth-order valence-corrected chi connectivity index (χ4v) is 2.56. The lowest BCUT2D eigenvalue weighted by Crippen LogP contribution is -2.06. The Labute approximate surface area is 136 Å². The van der Waals surface area contributed by atoms with Crippen molar-refractivity contribution in [1.29, 1.82) is 0 Å². The maximum atomic E-state index is 12.7. The topological polar surface area (TPSA) is 35.5 Å². The zero-order chi connectivity index (χ0) is 14.7. The molecule has 5 heteroatoms. The molecule has 0 aliphatic heterocycles. The first kappa shape index (κ1) is 15.1. The van der Waals surface area contributed by atoms with Crippen molar-refractivity contribution in [2.45, 2.75) is 0 Å². The Morgan fingerprint density at radius 1 is 1.05 bits per heavy atom. The molecule has 0 aliphatic rings. The number of carbonyl (C=O) groups is 1. The number of methoxy groups -OCH3 is 2. The predicted molar refractivity (Wildman–Crippen MR) is 87.1 cm³/mol. The van der Waals surface area contributed by atoms with E-state index >= 15 is 0 Å². The molecule has 0 aliphatic carbocycles. The highest BCUT2D eigenvalue weighted by Crippen LogP contribution is 2.28. The maximum absolute atomic E-state index is 12.7. The van der Waals surface area contributed by atoms with E-state index < -0.39 is 0 Å². The molecule has 104 valence electrons. The van der Waals surface area contributed by atoms with Gasteiger partial charge >= 0.3 is 0 Å². The molecule has 0 atom stereocenters. The summed E-state index contributed by atoms with van der Waals surface area (Å²) in [7, 11) is 3.08. The summed E-state index contributed by atoms with van der Waals surface area (Å²) in [4.78, 5) is 12.7. The minimum Gasteiger partial charge on any atom is -0.497 e. The Balaban J connectivity index is 2.54. The van der Waals surface area contributed by atoms with Crippen molar-refractivity contribution in [2.24, 2.45) is 0 Å². The first-order valence-electron chi connectivity index (χ1n) is 5.78. The quantitative estimate of drug-likeness (QED) is 0.568. The average Bonchev–Trinajstić information content (AvgIpc) is 2.48. The van der Waals surface area contributed by atoms with Gasteiger partial charge in [0.2, 0.25) is 0 Å². The molecule has 0 saturated carbocycles. The number of rotatable bonds is 4. The van der Waals surface area contributed by atoms with Crippen LogP contribution in [0.1, 0.15) is 15.9 Å². The predicted octanol–water partition coefficient (Wildman–Crippen LogP) is 4.19. The largest absolute Gasteiger partial charge is 0.497 e. The van der Waals surface area contributed by atoms with E-state index in [0.717, 1.165) is 3.57 Å². The summed E-state index contributed by atoms with van der Waals surface area (Å²) in [5.74, 6) is 0.963. The van der Waals surface area contributed by atoms with Crippen LogP contribution in [-0.4, -0.2) is 20.0 Å². The number of hydrogen-bond donors (Lipinski definition) is 0. The summed E-state index contributed by atoms with van der Waals surface area (Å²) in [6, 6.07) is 10.3. The van der Waals surface area contributed by atoms with Crippen LogP contribution in [-0.2, 0) is 0 Å². The number of halogens is 2. The molecular formula is C15H12ClIO3. The Morgan fingerprint density at radius 2 is 1.80 bits per heavy atom. The van der Waals surface area contributed by atoms with Crippen LogP contribution >= 0.6 is 34.2 Å². The summed E-state index contributed by atoms with van der Waals surface area (Å²) >= 11 is 8.08. The Bertz CT molecular complexity index is 656. The lowest BCUT2D eigenvalue weighted by atomic mass is 10.0. The zero-order valence-corrected chi connectivity index (χ0v) is 13.9. The van der Waals surface area contributed by atoms with Crippen LogP contribution in [0.25, 0.3) is 0 Å². The van der Waals surface area contributed by atoms with Crippen LogP contribution in [0.4, 0.5) is 0 Å². The van der Waals surface area contributed by atoms with Gasteiger partial charge in [0.1, 0.15) is 11.5 Å². The molecule has 0 spiro atoms. The maximum Gasteiger partial charge on any atom is 0.198 e. The van der Waals surface area contributed by atoms with E-state index in [1.165, 1.54) is 7.11 Å². The normalized spacial score (nSPS) is 10.2. The molecule has 0 N–H and O–H groups in total. The second-order valence-electron chi connectivity index (χ2n) is 4.02. The van der Waals surface area contributed by atoms with Crippen LogP contribution in [0.5, 0.6) is 11.5 Å². The summed E-state index contributed by atoms with van der Waals surface area (Å²) in [5, 5.41) is 0.524. The van der Waals surface area contributed by atoms with E-state index in [-0.39, 0.29) is 5.78 Å². The van der Waals surface area contributed by atoms with E-state index in [1.54, 1.807) is 37.4 Å². The second kappa shape index (κ2) is 6.45. The summed E-state index contributed by atoms with van der Waals surface area (Å²) < 4.78 is 11.2. The standard InChI is InChI=1S/C15H12ClIO3/c1-19-10-4-6-14(20-2)12(8-10)15(18)11-7-9(16)3-5-13(11)17/h3-8H,1-2H3. The van der Waals surface area contributed by atoms with E-state index in [9.17, 15) is 4.79 Å². The molecule has 2 aromatic carbocycles. The third-order valence-corrected chi connectivity index (χ3v) is 4.00. The molecule has 0 heterocycles. The molecule has 0 fully saturated rings. The minimum atomic E-state index is -0.146. The highest BCUT2D eigenvalue weighted by Gasteiger charge is 2.18. The van der Waals surface area contributed by atoms with Gasteiger partial charge in [-0.3, -0.25) is 4.79 Å². The van der Waals surface area contributed by atoms with Crippen LogP contribution < -0.4 is 9.47 Å². The van der Waals surface area contributed by atoms with Crippen molar-refractivity contribution in [2.75, 3.05) is 14.2 Å². The smallest absolute Gasteiger partial charge is 0.198 e. The van der Waals surface area contributed by atoms with Gasteiger partial charge in [0.25, 0.3) is 0 Å². The van der Waals surface area contributed by atoms with E-state index in [2.05, 4.69) is 22.6 Å². The summed E-state index contributed by atoms with van der Waals surface area (Å²) in [6.45, 7) is 0. The highest BCUT2D eigenvalue weighted by molar-refractivity contribution is 14.1. The van der Waals surface area contributed by atoms with Crippen molar-refractivity contribution in [3.05, 3.63) is 56.1 Å². The third kappa shape index (κ3) is 3.07. The number of ketones is 1. The van der Waals surface area contributed by atoms with Gasteiger partial charge in [-0.25, -0.2) is 0 Å². The van der Waals surface area contributed by atoms with Crippen molar-refractivity contribution < 1.29 is 14.3 Å². The van der Waals surface area contributed by atoms with Gasteiger partial charge in [0.15, 0.2) is 5.78 Å². The van der Waals surface area contributed by atoms with Crippen molar-refractivity contribution >= 4 is 40.0 Å². The molecule has 2 rings (SSSR count). The van der Waals surface area contributed by atoms with E-state index in [4.69, 9.17) is 21.1 Å². The lowest BCUT2D eigenvalue weighted by molar-refractivity contribution is 0.103. The average molecular weight is 403 g/mol. The van der Waals surface area contributed by atoms with Gasteiger partial charge < -0.3 is 9.47 Å². The fourth-order valence-electron chi connectivity index (χ4n) is 1.81.